The van der Waals surface area contributed by atoms with Gasteiger partial charge < -0.3 is 9.15 Å². The average molecular weight is 391 g/mol. The van der Waals surface area contributed by atoms with E-state index in [1.807, 2.05) is 43.3 Å². The summed E-state index contributed by atoms with van der Waals surface area (Å²) >= 11 is 4.94. The van der Waals surface area contributed by atoms with Crippen LogP contribution < -0.4 is 4.74 Å². The van der Waals surface area contributed by atoms with Gasteiger partial charge in [-0.1, -0.05) is 58.0 Å². The Kier molecular flexibility index (Phi) is 5.35. The molecular formula is C17H15BrN2O2S. The molecular weight excluding hydrogens is 376 g/mol. The van der Waals surface area contributed by atoms with Crippen LogP contribution in [0.3, 0.4) is 0 Å². The Labute approximate surface area is 147 Å². The summed E-state index contributed by atoms with van der Waals surface area (Å²) < 4.78 is 12.4. The van der Waals surface area contributed by atoms with Gasteiger partial charge >= 0.3 is 0 Å². The van der Waals surface area contributed by atoms with E-state index in [2.05, 4.69) is 38.3 Å². The van der Waals surface area contributed by atoms with Crippen LogP contribution in [0.2, 0.25) is 0 Å². The molecule has 0 radical (unpaired) electrons. The SMILES string of the molecule is Cc1ccccc1OCc1nnc(SCc2ccc(Br)cc2)o1. The fourth-order valence-electron chi connectivity index (χ4n) is 1.94. The molecule has 3 aromatic rings. The highest BCUT2D eigenvalue weighted by Crippen LogP contribution is 2.23. The highest BCUT2D eigenvalue weighted by Gasteiger charge is 2.08. The Hall–Kier alpha value is -1.79. The van der Waals surface area contributed by atoms with Gasteiger partial charge in [-0.15, -0.1) is 10.2 Å². The van der Waals surface area contributed by atoms with Gasteiger partial charge in [-0.25, -0.2) is 0 Å². The van der Waals surface area contributed by atoms with Crippen LogP contribution in [-0.2, 0) is 12.4 Å². The van der Waals surface area contributed by atoms with Crippen LogP contribution in [0.5, 0.6) is 5.75 Å². The zero-order valence-corrected chi connectivity index (χ0v) is 14.9. The second-order valence-corrected chi connectivity index (χ2v) is 6.77. The molecule has 118 valence electrons. The topological polar surface area (TPSA) is 48.2 Å². The second kappa shape index (κ2) is 7.66. The lowest BCUT2D eigenvalue weighted by Crippen LogP contribution is -1.97. The predicted octanol–water partition coefficient (Wildman–Crippen LogP) is 5.01. The first-order valence-corrected chi connectivity index (χ1v) is 8.86. The molecule has 0 saturated carbocycles. The number of nitrogens with zero attached hydrogens (tertiary/aromatic N) is 2. The summed E-state index contributed by atoms with van der Waals surface area (Å²) in [5.74, 6) is 2.09. The molecule has 0 saturated heterocycles. The van der Waals surface area contributed by atoms with E-state index in [0.717, 1.165) is 21.5 Å². The maximum absolute atomic E-state index is 5.70. The summed E-state index contributed by atoms with van der Waals surface area (Å²) in [7, 11) is 0. The molecule has 0 aliphatic heterocycles. The number of rotatable bonds is 6. The van der Waals surface area contributed by atoms with Gasteiger partial charge in [-0.3, -0.25) is 0 Å². The largest absolute Gasteiger partial charge is 0.484 e. The zero-order chi connectivity index (χ0) is 16.1. The van der Waals surface area contributed by atoms with Gasteiger partial charge in [-0.05, 0) is 36.2 Å². The molecule has 4 nitrogen and oxygen atoms in total. The molecule has 0 unspecified atom stereocenters. The number of ether oxygens (including phenoxy) is 1. The fourth-order valence-corrected chi connectivity index (χ4v) is 2.94. The minimum Gasteiger partial charge on any atom is -0.484 e. The van der Waals surface area contributed by atoms with Gasteiger partial charge in [0.05, 0.1) is 0 Å². The van der Waals surface area contributed by atoms with E-state index in [1.54, 1.807) is 0 Å². The molecule has 0 amide bonds. The Morgan fingerprint density at radius 3 is 2.65 bits per heavy atom. The summed E-state index contributed by atoms with van der Waals surface area (Å²) in [6, 6.07) is 16.0. The van der Waals surface area contributed by atoms with E-state index in [9.17, 15) is 0 Å². The normalized spacial score (nSPS) is 10.7. The van der Waals surface area contributed by atoms with Gasteiger partial charge in [0, 0.05) is 10.2 Å². The van der Waals surface area contributed by atoms with E-state index >= 15 is 0 Å². The van der Waals surface area contributed by atoms with E-state index in [1.165, 1.54) is 17.3 Å². The standard InChI is InChI=1S/C17H15BrN2O2S/c1-12-4-2-3-5-15(12)21-10-16-19-20-17(22-16)23-11-13-6-8-14(18)9-7-13/h2-9H,10-11H2,1H3. The third-order valence-electron chi connectivity index (χ3n) is 3.17. The molecule has 0 spiro atoms. The highest BCUT2D eigenvalue weighted by atomic mass is 79.9. The molecule has 0 N–H and O–H groups in total. The van der Waals surface area contributed by atoms with Crippen molar-refractivity contribution >= 4 is 27.7 Å². The van der Waals surface area contributed by atoms with Gasteiger partial charge in [0.25, 0.3) is 11.1 Å². The quantitative estimate of drug-likeness (QED) is 0.553. The molecule has 1 heterocycles. The van der Waals surface area contributed by atoms with Crippen LogP contribution in [0.15, 0.2) is 62.6 Å². The van der Waals surface area contributed by atoms with Crippen molar-refractivity contribution < 1.29 is 9.15 Å². The molecule has 3 rings (SSSR count). The molecule has 6 heteroatoms. The smallest absolute Gasteiger partial charge is 0.277 e. The van der Waals surface area contributed by atoms with Crippen LogP contribution >= 0.6 is 27.7 Å². The fraction of sp³-hybridized carbons (Fsp3) is 0.176. The molecule has 0 fully saturated rings. The van der Waals surface area contributed by atoms with Gasteiger partial charge in [0.15, 0.2) is 6.61 Å². The Morgan fingerprint density at radius 2 is 1.87 bits per heavy atom. The molecule has 0 atom stereocenters. The molecule has 23 heavy (non-hydrogen) atoms. The van der Waals surface area contributed by atoms with Crippen molar-refractivity contribution in [3.8, 4) is 5.75 Å². The highest BCUT2D eigenvalue weighted by molar-refractivity contribution is 9.10. The van der Waals surface area contributed by atoms with Crippen molar-refractivity contribution in [2.45, 2.75) is 24.5 Å². The zero-order valence-electron chi connectivity index (χ0n) is 12.5. The van der Waals surface area contributed by atoms with E-state index in [0.29, 0.717) is 11.1 Å². The minimum atomic E-state index is 0.275. The van der Waals surface area contributed by atoms with Crippen molar-refractivity contribution in [2.75, 3.05) is 0 Å². The van der Waals surface area contributed by atoms with Crippen molar-refractivity contribution in [3.63, 3.8) is 0 Å². The number of halogens is 1. The summed E-state index contributed by atoms with van der Waals surface area (Å²) in [6.45, 7) is 2.28. The number of aryl methyl sites for hydroxylation is 1. The van der Waals surface area contributed by atoms with Crippen LogP contribution in [0.1, 0.15) is 17.0 Å². The average Bonchev–Trinajstić information content (AvgIpc) is 3.02. The maximum Gasteiger partial charge on any atom is 0.277 e. The third-order valence-corrected chi connectivity index (χ3v) is 4.59. The molecule has 0 aliphatic carbocycles. The lowest BCUT2D eigenvalue weighted by Gasteiger charge is -2.05. The lowest BCUT2D eigenvalue weighted by molar-refractivity contribution is 0.251. The third kappa shape index (κ3) is 4.59. The number of hydrogen-bond acceptors (Lipinski definition) is 5. The molecule has 0 aliphatic rings. The van der Waals surface area contributed by atoms with Crippen LogP contribution in [-0.4, -0.2) is 10.2 Å². The summed E-state index contributed by atoms with van der Waals surface area (Å²) in [4.78, 5) is 0. The number of aromatic nitrogens is 2. The van der Waals surface area contributed by atoms with Crippen molar-refractivity contribution in [1.82, 2.24) is 10.2 Å². The molecule has 2 aromatic carbocycles. The Balaban J connectivity index is 1.53. The van der Waals surface area contributed by atoms with E-state index in [4.69, 9.17) is 9.15 Å². The summed E-state index contributed by atoms with van der Waals surface area (Å²) in [5.41, 5.74) is 2.28. The Morgan fingerprint density at radius 1 is 1.09 bits per heavy atom. The van der Waals surface area contributed by atoms with Crippen molar-refractivity contribution in [1.29, 1.82) is 0 Å². The van der Waals surface area contributed by atoms with Gasteiger partial charge in [0.1, 0.15) is 5.75 Å². The number of para-hydroxylation sites is 1. The summed E-state index contributed by atoms with van der Waals surface area (Å²) in [6.07, 6.45) is 0. The van der Waals surface area contributed by atoms with Gasteiger partial charge in [0.2, 0.25) is 0 Å². The van der Waals surface area contributed by atoms with Crippen LogP contribution in [0.25, 0.3) is 0 Å². The lowest BCUT2D eigenvalue weighted by atomic mass is 10.2. The minimum absolute atomic E-state index is 0.275. The number of hydrogen-bond donors (Lipinski definition) is 0. The first-order chi connectivity index (χ1) is 11.2. The van der Waals surface area contributed by atoms with Crippen LogP contribution in [0.4, 0.5) is 0 Å². The second-order valence-electron chi connectivity index (χ2n) is 4.93. The van der Waals surface area contributed by atoms with E-state index in [-0.39, 0.29) is 6.61 Å². The summed E-state index contributed by atoms with van der Waals surface area (Å²) in [5, 5.41) is 8.61. The maximum atomic E-state index is 5.70. The molecule has 0 bridgehead atoms. The predicted molar refractivity (Wildman–Crippen MR) is 93.5 cm³/mol. The van der Waals surface area contributed by atoms with E-state index < -0.39 is 0 Å². The molecule has 1 aromatic heterocycles. The first-order valence-electron chi connectivity index (χ1n) is 7.09. The van der Waals surface area contributed by atoms with Crippen molar-refractivity contribution in [3.05, 3.63) is 70.0 Å². The number of thioether (sulfide) groups is 1. The van der Waals surface area contributed by atoms with Gasteiger partial charge in [-0.2, -0.15) is 0 Å². The monoisotopic (exact) mass is 390 g/mol. The number of benzene rings is 2. The van der Waals surface area contributed by atoms with Crippen LogP contribution in [0, 0.1) is 6.92 Å². The van der Waals surface area contributed by atoms with Crippen molar-refractivity contribution in [2.24, 2.45) is 0 Å². The Bertz CT molecular complexity index is 774. The first kappa shape index (κ1) is 16.1.